The number of ether oxygens (including phenoxy) is 2. The summed E-state index contributed by atoms with van der Waals surface area (Å²) >= 11 is 0. The molecule has 0 saturated carbocycles. The molecular formula is C31H42O8. The Morgan fingerprint density at radius 1 is 0.769 bits per heavy atom. The zero-order valence-electron chi connectivity index (χ0n) is 23.1. The van der Waals surface area contributed by atoms with E-state index in [2.05, 4.69) is 0 Å². The molecule has 0 aliphatic heterocycles. The van der Waals surface area contributed by atoms with Crippen molar-refractivity contribution in [2.75, 3.05) is 19.8 Å². The number of aliphatic carboxylic acids is 2. The number of carboxylic acids is 2. The first-order valence-corrected chi connectivity index (χ1v) is 13.8. The van der Waals surface area contributed by atoms with Gasteiger partial charge in [-0.25, -0.2) is 0 Å². The van der Waals surface area contributed by atoms with Crippen LogP contribution in [0.25, 0.3) is 0 Å². The van der Waals surface area contributed by atoms with Crippen LogP contribution < -0.4 is 9.47 Å². The normalized spacial score (nSPS) is 11.8. The van der Waals surface area contributed by atoms with Gasteiger partial charge in [0, 0.05) is 30.9 Å². The Morgan fingerprint density at radius 2 is 1.33 bits per heavy atom. The molecule has 0 aromatic heterocycles. The Labute approximate surface area is 231 Å². The fraction of sp³-hybridized carbons (Fsp3) is 0.516. The fourth-order valence-corrected chi connectivity index (χ4v) is 4.53. The molecule has 0 fully saturated rings. The van der Waals surface area contributed by atoms with Crippen molar-refractivity contribution in [3.05, 3.63) is 59.2 Å². The van der Waals surface area contributed by atoms with Gasteiger partial charge in [-0.05, 0) is 93.2 Å². The number of benzene rings is 2. The molecule has 2 rings (SSSR count). The minimum absolute atomic E-state index is 0.0265. The van der Waals surface area contributed by atoms with E-state index >= 15 is 0 Å². The van der Waals surface area contributed by atoms with Crippen molar-refractivity contribution in [1.29, 1.82) is 0 Å². The molecule has 0 amide bonds. The summed E-state index contributed by atoms with van der Waals surface area (Å²) < 4.78 is 12.1. The lowest BCUT2D eigenvalue weighted by Crippen LogP contribution is -2.08. The van der Waals surface area contributed by atoms with Crippen molar-refractivity contribution in [3.63, 3.8) is 0 Å². The second-order valence-electron chi connectivity index (χ2n) is 9.96. The summed E-state index contributed by atoms with van der Waals surface area (Å²) in [5, 5.41) is 27.6. The Morgan fingerprint density at radius 3 is 1.87 bits per heavy atom. The van der Waals surface area contributed by atoms with Crippen molar-refractivity contribution in [1.82, 2.24) is 0 Å². The van der Waals surface area contributed by atoms with Crippen LogP contribution in [0.3, 0.4) is 0 Å². The SMILES string of the molecule is CC(=O)c1ccc(OCCCCCOc2ccccc2C(CCCC(=O)O)CCCC(=O)O)c(C(C)CO)c1. The Hall–Kier alpha value is -3.39. The van der Waals surface area contributed by atoms with Gasteiger partial charge in [0.25, 0.3) is 0 Å². The number of carboxylic acid groups (broad SMARTS) is 2. The first-order valence-electron chi connectivity index (χ1n) is 13.8. The molecule has 0 saturated heterocycles. The van der Waals surface area contributed by atoms with Gasteiger partial charge in [0.1, 0.15) is 11.5 Å². The van der Waals surface area contributed by atoms with Gasteiger partial charge < -0.3 is 24.8 Å². The van der Waals surface area contributed by atoms with Gasteiger partial charge >= 0.3 is 11.9 Å². The number of aliphatic hydroxyl groups is 1. The first-order chi connectivity index (χ1) is 18.7. The maximum Gasteiger partial charge on any atom is 0.303 e. The monoisotopic (exact) mass is 542 g/mol. The van der Waals surface area contributed by atoms with Crippen LogP contribution in [-0.2, 0) is 9.59 Å². The van der Waals surface area contributed by atoms with Crippen LogP contribution in [0.1, 0.15) is 105 Å². The molecule has 0 spiro atoms. The second kappa shape index (κ2) is 17.2. The lowest BCUT2D eigenvalue weighted by Gasteiger charge is -2.20. The maximum atomic E-state index is 11.7. The third kappa shape index (κ3) is 11.5. The summed E-state index contributed by atoms with van der Waals surface area (Å²) in [5.41, 5.74) is 2.42. The van der Waals surface area contributed by atoms with Crippen LogP contribution in [0.4, 0.5) is 0 Å². The molecular weight excluding hydrogens is 500 g/mol. The lowest BCUT2D eigenvalue weighted by molar-refractivity contribution is -0.138. The number of para-hydroxylation sites is 1. The molecule has 1 atom stereocenters. The van der Waals surface area contributed by atoms with Gasteiger partial charge in [0.2, 0.25) is 0 Å². The fourth-order valence-electron chi connectivity index (χ4n) is 4.53. The number of rotatable bonds is 20. The number of carbonyl (C=O) groups excluding carboxylic acids is 1. The number of hydrogen-bond acceptors (Lipinski definition) is 6. The molecule has 0 heterocycles. The number of unbranched alkanes of at least 4 members (excludes halogenated alkanes) is 2. The van der Waals surface area contributed by atoms with Crippen molar-refractivity contribution >= 4 is 17.7 Å². The topological polar surface area (TPSA) is 130 Å². The smallest absolute Gasteiger partial charge is 0.303 e. The quantitative estimate of drug-likeness (QED) is 0.133. The molecule has 1 unspecified atom stereocenters. The van der Waals surface area contributed by atoms with E-state index in [1.54, 1.807) is 18.2 Å². The zero-order chi connectivity index (χ0) is 28.6. The van der Waals surface area contributed by atoms with Crippen molar-refractivity contribution in [2.45, 2.75) is 83.5 Å². The van der Waals surface area contributed by atoms with Gasteiger partial charge in [-0.3, -0.25) is 14.4 Å². The number of aliphatic hydroxyl groups excluding tert-OH is 1. The van der Waals surface area contributed by atoms with Crippen molar-refractivity contribution < 1.29 is 39.2 Å². The zero-order valence-corrected chi connectivity index (χ0v) is 23.1. The van der Waals surface area contributed by atoms with E-state index in [9.17, 15) is 19.5 Å². The van der Waals surface area contributed by atoms with Crippen LogP contribution in [-0.4, -0.2) is 52.9 Å². The number of ketones is 1. The van der Waals surface area contributed by atoms with Gasteiger partial charge in [-0.1, -0.05) is 25.1 Å². The Kier molecular flexibility index (Phi) is 14.1. The van der Waals surface area contributed by atoms with E-state index in [0.29, 0.717) is 50.2 Å². The van der Waals surface area contributed by atoms with Crippen molar-refractivity contribution in [2.24, 2.45) is 0 Å². The van der Waals surface area contributed by atoms with Gasteiger partial charge in [-0.2, -0.15) is 0 Å². The minimum atomic E-state index is -0.833. The lowest BCUT2D eigenvalue weighted by atomic mass is 9.88. The molecule has 0 aliphatic rings. The van der Waals surface area contributed by atoms with Crippen LogP contribution in [0.15, 0.2) is 42.5 Å². The Bertz CT molecular complexity index is 1040. The van der Waals surface area contributed by atoms with Gasteiger partial charge in [-0.15, -0.1) is 0 Å². The van der Waals surface area contributed by atoms with E-state index in [1.165, 1.54) is 6.92 Å². The first kappa shape index (κ1) is 31.8. The molecule has 8 nitrogen and oxygen atoms in total. The summed E-state index contributed by atoms with van der Waals surface area (Å²) in [6.07, 6.45) is 5.07. The maximum absolute atomic E-state index is 11.7. The van der Waals surface area contributed by atoms with Crippen LogP contribution in [0.2, 0.25) is 0 Å². The molecule has 0 bridgehead atoms. The molecule has 0 radical (unpaired) electrons. The standard InChI is InChI=1S/C31H42O8/c1-22(21-32)27-20-25(23(2)33)16-17-29(27)39-19-7-3-6-18-38-28-13-5-4-12-26(28)24(10-8-14-30(34)35)11-9-15-31(36)37/h4-5,12-13,16-17,20,22,24,32H,3,6-11,14-15,18-19,21H2,1-2H3,(H,34,35)(H,36,37). The molecule has 214 valence electrons. The highest BCUT2D eigenvalue weighted by molar-refractivity contribution is 5.94. The van der Waals surface area contributed by atoms with Gasteiger partial charge in [0.15, 0.2) is 5.78 Å². The van der Waals surface area contributed by atoms with Crippen LogP contribution >= 0.6 is 0 Å². The Balaban J connectivity index is 1.87. The summed E-state index contributed by atoms with van der Waals surface area (Å²) in [6.45, 7) is 4.41. The van der Waals surface area contributed by atoms with Crippen LogP contribution in [0, 0.1) is 0 Å². The highest BCUT2D eigenvalue weighted by Crippen LogP contribution is 2.34. The summed E-state index contributed by atoms with van der Waals surface area (Å²) in [4.78, 5) is 33.7. The second-order valence-corrected chi connectivity index (χ2v) is 9.96. The third-order valence-corrected chi connectivity index (χ3v) is 6.77. The number of Topliss-reactive ketones (excluding diaryl/α,β-unsaturated/α-hetero) is 1. The van der Waals surface area contributed by atoms with E-state index in [0.717, 1.165) is 36.1 Å². The van der Waals surface area contributed by atoms with E-state index in [1.807, 2.05) is 31.2 Å². The van der Waals surface area contributed by atoms with E-state index < -0.39 is 11.9 Å². The van der Waals surface area contributed by atoms with E-state index in [4.69, 9.17) is 19.7 Å². The van der Waals surface area contributed by atoms with Gasteiger partial charge in [0.05, 0.1) is 13.2 Å². The summed E-state index contributed by atoms with van der Waals surface area (Å²) in [7, 11) is 0. The van der Waals surface area contributed by atoms with Crippen LogP contribution in [0.5, 0.6) is 11.5 Å². The predicted octanol–water partition coefficient (Wildman–Crippen LogP) is 6.21. The number of hydrogen-bond donors (Lipinski definition) is 3. The van der Waals surface area contributed by atoms with Crippen molar-refractivity contribution in [3.8, 4) is 11.5 Å². The predicted molar refractivity (Wildman–Crippen MR) is 149 cm³/mol. The molecule has 2 aromatic rings. The number of carbonyl (C=O) groups is 3. The average molecular weight is 543 g/mol. The minimum Gasteiger partial charge on any atom is -0.493 e. The summed E-state index contributed by atoms with van der Waals surface area (Å²) in [5.74, 6) is -0.342. The molecule has 39 heavy (non-hydrogen) atoms. The molecule has 0 aliphatic carbocycles. The molecule has 8 heteroatoms. The average Bonchev–Trinajstić information content (AvgIpc) is 2.91. The summed E-state index contributed by atoms with van der Waals surface area (Å²) in [6, 6.07) is 13.1. The van der Waals surface area contributed by atoms with E-state index in [-0.39, 0.29) is 37.1 Å². The largest absolute Gasteiger partial charge is 0.493 e. The third-order valence-electron chi connectivity index (χ3n) is 6.77. The molecule has 2 aromatic carbocycles. The molecule has 3 N–H and O–H groups in total. The highest BCUT2D eigenvalue weighted by Gasteiger charge is 2.18. The highest BCUT2D eigenvalue weighted by atomic mass is 16.5.